The van der Waals surface area contributed by atoms with Crippen LogP contribution in [0.2, 0.25) is 0 Å². The van der Waals surface area contributed by atoms with Crippen LogP contribution < -0.4 is 5.32 Å². The maximum atomic E-state index is 13.1. The van der Waals surface area contributed by atoms with Crippen molar-refractivity contribution in [2.75, 3.05) is 5.32 Å². The molecule has 0 aliphatic rings. The van der Waals surface area contributed by atoms with Gasteiger partial charge in [-0.1, -0.05) is 66.7 Å². The number of carbonyl (C=O) groups is 1. The van der Waals surface area contributed by atoms with E-state index in [-0.39, 0.29) is 5.75 Å². The minimum Gasteiger partial charge on any atom is -0.507 e. The lowest BCUT2D eigenvalue weighted by Crippen LogP contribution is -2.41. The summed E-state index contributed by atoms with van der Waals surface area (Å²) in [6.45, 7) is 3.51. The van der Waals surface area contributed by atoms with E-state index in [0.29, 0.717) is 22.4 Å². The van der Waals surface area contributed by atoms with Crippen LogP contribution >= 0.6 is 0 Å². The van der Waals surface area contributed by atoms with Gasteiger partial charge in [0.2, 0.25) is 0 Å². The number of aliphatic hydroxyl groups is 1. The molecule has 0 saturated heterocycles. The second-order valence-electron chi connectivity index (χ2n) is 6.30. The average Bonchev–Trinajstić information content (AvgIpc) is 2.69. The fraction of sp³-hybridized carbons (Fsp3) is 0.136. The Hall–Kier alpha value is -3.11. The number of hydrogen-bond acceptors (Lipinski definition) is 3. The SMILES string of the molecule is Cc1ccc(NC(=O)C(O)(c2ccccc2)c2ccccc2)c(C)c1O. The third-order valence-electron chi connectivity index (χ3n) is 4.59. The summed E-state index contributed by atoms with van der Waals surface area (Å²) < 4.78 is 0. The minimum atomic E-state index is -1.85. The number of rotatable bonds is 4. The third kappa shape index (κ3) is 3.07. The number of benzene rings is 3. The van der Waals surface area contributed by atoms with Crippen LogP contribution in [0.3, 0.4) is 0 Å². The highest BCUT2D eigenvalue weighted by atomic mass is 16.3. The zero-order valence-electron chi connectivity index (χ0n) is 14.7. The van der Waals surface area contributed by atoms with Crippen LogP contribution in [0.15, 0.2) is 72.8 Å². The van der Waals surface area contributed by atoms with Gasteiger partial charge in [0.15, 0.2) is 5.60 Å². The summed E-state index contributed by atoms with van der Waals surface area (Å²) in [4.78, 5) is 13.1. The topological polar surface area (TPSA) is 69.6 Å². The van der Waals surface area contributed by atoms with Crippen LogP contribution in [0.4, 0.5) is 5.69 Å². The van der Waals surface area contributed by atoms with Gasteiger partial charge in [-0.25, -0.2) is 0 Å². The number of phenolic OH excluding ortho intramolecular Hbond substituents is 1. The van der Waals surface area contributed by atoms with Crippen LogP contribution in [0, 0.1) is 13.8 Å². The molecule has 0 aliphatic carbocycles. The normalized spacial score (nSPS) is 11.2. The molecule has 3 N–H and O–H groups in total. The summed E-state index contributed by atoms with van der Waals surface area (Å²) in [6, 6.07) is 21.1. The predicted octanol–water partition coefficient (Wildman–Crippen LogP) is 3.88. The lowest BCUT2D eigenvalue weighted by Gasteiger charge is -2.28. The molecule has 0 spiro atoms. The highest BCUT2D eigenvalue weighted by Gasteiger charge is 2.40. The van der Waals surface area contributed by atoms with E-state index in [4.69, 9.17) is 0 Å². The molecule has 132 valence electrons. The van der Waals surface area contributed by atoms with Crippen molar-refractivity contribution in [2.45, 2.75) is 19.4 Å². The number of phenols is 1. The van der Waals surface area contributed by atoms with Gasteiger partial charge in [0.25, 0.3) is 5.91 Å². The highest BCUT2D eigenvalue weighted by molar-refractivity contribution is 6.01. The van der Waals surface area contributed by atoms with Gasteiger partial charge in [-0.3, -0.25) is 4.79 Å². The van der Waals surface area contributed by atoms with Gasteiger partial charge in [0.1, 0.15) is 5.75 Å². The van der Waals surface area contributed by atoms with E-state index < -0.39 is 11.5 Å². The molecule has 0 radical (unpaired) electrons. The number of carbonyl (C=O) groups excluding carboxylic acids is 1. The molecule has 0 atom stereocenters. The maximum Gasteiger partial charge on any atom is 0.265 e. The van der Waals surface area contributed by atoms with E-state index in [0.717, 1.165) is 5.56 Å². The zero-order chi connectivity index (χ0) is 18.7. The Morgan fingerprint density at radius 2 is 1.35 bits per heavy atom. The van der Waals surface area contributed by atoms with Crippen LogP contribution in [0.1, 0.15) is 22.3 Å². The van der Waals surface area contributed by atoms with E-state index in [9.17, 15) is 15.0 Å². The number of aromatic hydroxyl groups is 1. The maximum absolute atomic E-state index is 13.1. The number of aryl methyl sites for hydroxylation is 1. The van der Waals surface area contributed by atoms with Crippen molar-refractivity contribution >= 4 is 11.6 Å². The number of nitrogens with one attached hydrogen (secondary N) is 1. The molecule has 4 heteroatoms. The van der Waals surface area contributed by atoms with Gasteiger partial charge in [-0.05, 0) is 36.6 Å². The molecule has 26 heavy (non-hydrogen) atoms. The highest BCUT2D eigenvalue weighted by Crippen LogP contribution is 2.33. The van der Waals surface area contributed by atoms with E-state index in [1.807, 2.05) is 12.1 Å². The fourth-order valence-corrected chi connectivity index (χ4v) is 2.97. The molecule has 1 amide bonds. The summed E-state index contributed by atoms with van der Waals surface area (Å²) in [5, 5.41) is 24.3. The first-order chi connectivity index (χ1) is 12.4. The van der Waals surface area contributed by atoms with Crippen LogP contribution in [0.25, 0.3) is 0 Å². The minimum absolute atomic E-state index is 0.130. The van der Waals surface area contributed by atoms with E-state index in [2.05, 4.69) is 5.32 Å². The van der Waals surface area contributed by atoms with Gasteiger partial charge in [0.05, 0.1) is 0 Å². The van der Waals surface area contributed by atoms with Crippen molar-refractivity contribution in [1.82, 2.24) is 0 Å². The Morgan fingerprint density at radius 3 is 1.85 bits per heavy atom. The van der Waals surface area contributed by atoms with Crippen molar-refractivity contribution < 1.29 is 15.0 Å². The van der Waals surface area contributed by atoms with Gasteiger partial charge >= 0.3 is 0 Å². The summed E-state index contributed by atoms with van der Waals surface area (Å²) in [7, 11) is 0. The number of anilines is 1. The first kappa shape index (κ1) is 17.7. The van der Waals surface area contributed by atoms with E-state index in [1.54, 1.807) is 74.5 Å². The lowest BCUT2D eigenvalue weighted by atomic mass is 9.85. The Bertz CT molecular complexity index is 881. The quantitative estimate of drug-likeness (QED) is 0.671. The lowest BCUT2D eigenvalue weighted by molar-refractivity contribution is -0.131. The van der Waals surface area contributed by atoms with Crippen LogP contribution in [-0.4, -0.2) is 16.1 Å². The van der Waals surface area contributed by atoms with Crippen LogP contribution in [0.5, 0.6) is 5.75 Å². The molecule has 3 aromatic rings. The molecule has 0 unspecified atom stereocenters. The van der Waals surface area contributed by atoms with Crippen molar-refractivity contribution in [3.63, 3.8) is 0 Å². The largest absolute Gasteiger partial charge is 0.507 e. The number of amides is 1. The Labute approximate surface area is 152 Å². The Balaban J connectivity index is 2.06. The molecule has 4 nitrogen and oxygen atoms in total. The predicted molar refractivity (Wildman–Crippen MR) is 102 cm³/mol. The Morgan fingerprint density at radius 1 is 0.846 bits per heavy atom. The monoisotopic (exact) mass is 347 g/mol. The summed E-state index contributed by atoms with van der Waals surface area (Å²) in [5.74, 6) is -0.452. The zero-order valence-corrected chi connectivity index (χ0v) is 14.7. The van der Waals surface area contributed by atoms with Crippen molar-refractivity contribution in [2.24, 2.45) is 0 Å². The first-order valence-corrected chi connectivity index (χ1v) is 8.38. The second kappa shape index (κ2) is 7.02. The standard InChI is InChI=1S/C22H21NO3/c1-15-13-14-19(16(2)20(15)24)23-21(25)22(26,17-9-5-3-6-10-17)18-11-7-4-8-12-18/h3-14,24,26H,1-2H3,(H,23,25). The fourth-order valence-electron chi connectivity index (χ4n) is 2.97. The molecular weight excluding hydrogens is 326 g/mol. The molecule has 0 fully saturated rings. The van der Waals surface area contributed by atoms with Crippen molar-refractivity contribution in [3.05, 3.63) is 95.1 Å². The molecule has 3 rings (SSSR count). The van der Waals surface area contributed by atoms with Gasteiger partial charge < -0.3 is 15.5 Å². The molecule has 0 aliphatic heterocycles. The average molecular weight is 347 g/mol. The number of hydrogen-bond donors (Lipinski definition) is 3. The molecule has 0 aromatic heterocycles. The van der Waals surface area contributed by atoms with Gasteiger partial charge in [-0.2, -0.15) is 0 Å². The van der Waals surface area contributed by atoms with Gasteiger partial charge in [0, 0.05) is 11.3 Å². The summed E-state index contributed by atoms with van der Waals surface area (Å²) >= 11 is 0. The first-order valence-electron chi connectivity index (χ1n) is 8.38. The molecule has 0 heterocycles. The van der Waals surface area contributed by atoms with E-state index >= 15 is 0 Å². The third-order valence-corrected chi connectivity index (χ3v) is 4.59. The van der Waals surface area contributed by atoms with Crippen molar-refractivity contribution in [1.29, 1.82) is 0 Å². The smallest absolute Gasteiger partial charge is 0.265 e. The molecular formula is C22H21NO3. The van der Waals surface area contributed by atoms with E-state index in [1.165, 1.54) is 0 Å². The summed E-state index contributed by atoms with van der Waals surface area (Å²) in [6.07, 6.45) is 0. The molecule has 3 aromatic carbocycles. The second-order valence-corrected chi connectivity index (χ2v) is 6.30. The van der Waals surface area contributed by atoms with Crippen molar-refractivity contribution in [3.8, 4) is 5.75 Å². The van der Waals surface area contributed by atoms with Crippen LogP contribution in [-0.2, 0) is 10.4 Å². The van der Waals surface area contributed by atoms with Gasteiger partial charge in [-0.15, -0.1) is 0 Å². The molecule has 0 bridgehead atoms. The Kier molecular flexibility index (Phi) is 4.78. The summed E-state index contributed by atoms with van der Waals surface area (Å²) in [5.41, 5.74) is 0.831. The molecule has 0 saturated carbocycles.